The largest absolute Gasteiger partial charge is 0.309 e. The molecule has 133 heavy (non-hydrogen) atoms. The first kappa shape index (κ1) is 78.1. The van der Waals surface area contributed by atoms with Gasteiger partial charge in [-0.25, -0.2) is 19.9 Å². The highest BCUT2D eigenvalue weighted by Crippen LogP contribution is 2.48. The Morgan fingerprint density at radius 3 is 1.41 bits per heavy atom. The van der Waals surface area contributed by atoms with Crippen LogP contribution in [0.15, 0.2) is 455 Å². The summed E-state index contributed by atoms with van der Waals surface area (Å²) < 4.78 is 7.01. The van der Waals surface area contributed by atoms with Gasteiger partial charge in [-0.1, -0.05) is 346 Å². The van der Waals surface area contributed by atoms with Crippen molar-refractivity contribution in [3.8, 4) is 119 Å². The van der Waals surface area contributed by atoms with Crippen LogP contribution in [0.25, 0.3) is 237 Å². The van der Waals surface area contributed by atoms with Gasteiger partial charge in [0.15, 0.2) is 5.82 Å². The highest BCUT2D eigenvalue weighted by atomic mass is 15.2. The predicted molar refractivity (Wildman–Crippen MR) is 547 cm³/mol. The second kappa shape index (κ2) is 33.1. The average molecular weight is 1700 g/mol. The van der Waals surface area contributed by atoms with E-state index in [1.54, 1.807) is 0 Å². The Morgan fingerprint density at radius 2 is 0.722 bits per heavy atom. The summed E-state index contributed by atoms with van der Waals surface area (Å²) in [7, 11) is 0. The topological polar surface area (TPSA) is 140 Å². The van der Waals surface area contributed by atoms with Crippen LogP contribution in [0.5, 0.6) is 0 Å². The number of aromatic nitrogens is 9. The monoisotopic (exact) mass is 1690 g/mol. The molecular formula is C122H75N11. The van der Waals surface area contributed by atoms with E-state index in [9.17, 15) is 10.5 Å². The predicted octanol–water partition coefficient (Wildman–Crippen LogP) is 30.7. The van der Waals surface area contributed by atoms with E-state index in [4.69, 9.17) is 29.9 Å². The molecule has 11 heteroatoms. The third-order valence-corrected chi connectivity index (χ3v) is 25.7. The number of hydrogen-bond donors (Lipinski definition) is 0. The fourth-order valence-corrected chi connectivity index (χ4v) is 19.7. The molecule has 0 radical (unpaired) electrons. The minimum absolute atomic E-state index is 0.580. The lowest BCUT2D eigenvalue weighted by Crippen LogP contribution is -2.03. The lowest BCUT2D eigenvalue weighted by molar-refractivity contribution is 1.02. The fourth-order valence-electron chi connectivity index (χ4n) is 19.7. The average Bonchev–Trinajstić information content (AvgIpc) is 1.55. The number of rotatable bonds is 11. The quantitative estimate of drug-likeness (QED) is 0.117. The molecule has 0 bridgehead atoms. The van der Waals surface area contributed by atoms with Gasteiger partial charge in [-0.3, -0.25) is 14.5 Å². The van der Waals surface area contributed by atoms with Gasteiger partial charge in [-0.05, 0) is 152 Å². The summed E-state index contributed by atoms with van der Waals surface area (Å²) in [5.41, 5.74) is 27.6. The maximum Gasteiger partial charge on any atom is 0.235 e. The van der Waals surface area contributed by atoms with Crippen molar-refractivity contribution in [2.24, 2.45) is 0 Å². The zero-order valence-corrected chi connectivity index (χ0v) is 71.7. The van der Waals surface area contributed by atoms with Crippen molar-refractivity contribution in [3.05, 3.63) is 466 Å². The van der Waals surface area contributed by atoms with Crippen molar-refractivity contribution in [1.82, 2.24) is 43.6 Å². The Hall–Kier alpha value is -18.4. The summed E-state index contributed by atoms with van der Waals surface area (Å²) in [5.74, 6) is 1.39. The Kier molecular flexibility index (Phi) is 19.4. The van der Waals surface area contributed by atoms with E-state index in [0.29, 0.717) is 22.9 Å². The smallest absolute Gasteiger partial charge is 0.235 e. The van der Waals surface area contributed by atoms with Crippen molar-refractivity contribution >= 4 is 130 Å². The molecule has 0 saturated carbocycles. The van der Waals surface area contributed by atoms with Gasteiger partial charge in [0.25, 0.3) is 0 Å². The molecule has 0 spiro atoms. The number of nitrogens with zero attached hydrogens (tertiary/aromatic N) is 11. The molecule has 0 saturated heterocycles. The highest BCUT2D eigenvalue weighted by Gasteiger charge is 2.27. The normalized spacial score (nSPS) is 11.4. The van der Waals surface area contributed by atoms with E-state index in [0.717, 1.165) is 155 Å². The molecule has 26 rings (SSSR count). The van der Waals surface area contributed by atoms with Gasteiger partial charge < -0.3 is 9.13 Å². The zero-order chi connectivity index (χ0) is 88.4. The van der Waals surface area contributed by atoms with E-state index >= 15 is 0 Å². The van der Waals surface area contributed by atoms with Gasteiger partial charge >= 0.3 is 0 Å². The van der Waals surface area contributed by atoms with Crippen LogP contribution >= 0.6 is 0 Å². The van der Waals surface area contributed by atoms with Gasteiger partial charge in [-0.15, -0.1) is 0 Å². The van der Waals surface area contributed by atoms with Crippen molar-refractivity contribution in [2.45, 2.75) is 0 Å². The van der Waals surface area contributed by atoms with E-state index in [-0.39, 0.29) is 0 Å². The summed E-state index contributed by atoms with van der Waals surface area (Å²) in [5, 5.41) is 37.6. The molecule has 19 aromatic carbocycles. The lowest BCUT2D eigenvalue weighted by atomic mass is 9.93. The molecule has 0 aliphatic rings. The van der Waals surface area contributed by atoms with Crippen LogP contribution in [0.3, 0.4) is 0 Å². The van der Waals surface area contributed by atoms with Crippen molar-refractivity contribution in [2.75, 3.05) is 0 Å². The third-order valence-electron chi connectivity index (χ3n) is 25.7. The molecule has 0 amide bonds. The van der Waals surface area contributed by atoms with Crippen LogP contribution in [0.1, 0.15) is 11.1 Å². The van der Waals surface area contributed by atoms with Gasteiger partial charge in [0, 0.05) is 111 Å². The Labute approximate surface area is 764 Å². The number of fused-ring (bicyclic) bond motifs is 21. The second-order valence-electron chi connectivity index (χ2n) is 33.3. The van der Waals surface area contributed by atoms with Gasteiger partial charge in [0.1, 0.15) is 0 Å². The molecule has 0 aliphatic carbocycles. The highest BCUT2D eigenvalue weighted by molar-refractivity contribution is 6.31. The molecule has 0 aliphatic heterocycles. The molecular weight excluding hydrogens is 1620 g/mol. The minimum atomic E-state index is 0.580. The van der Waals surface area contributed by atoms with E-state index in [1.807, 2.05) is 109 Å². The fraction of sp³-hybridized carbons (Fsp3) is 0. The SMILES string of the molecule is N#Cc1ccccc1-c1ccc(-n2c3ccccc3c3c4cccnc4c4ncccc4c32)c(-c2ccccc2C#N)c1.c1ccc(-c2cc(-c3cccc(-c4cc(-c5ccccc5)nc(-c5ccccc5)n4)c3)cc(-n3c4ccccc4c4ccc5ccccc5c43)c2)cc1.c1ccc(-c2nc(-n3c4ccc5ccccc5c4c4ccc5ccccc5c43)nc3ccccc23)cc1. The number of para-hydroxylation sites is 3. The summed E-state index contributed by atoms with van der Waals surface area (Å²) in [6, 6.07) is 159. The molecule has 0 atom stereocenters. The van der Waals surface area contributed by atoms with Gasteiger partial charge in [-0.2, -0.15) is 10.5 Å². The minimum Gasteiger partial charge on any atom is -0.309 e. The Balaban J connectivity index is 0.000000112. The van der Waals surface area contributed by atoms with Gasteiger partial charge in [0.2, 0.25) is 5.95 Å². The van der Waals surface area contributed by atoms with Crippen LogP contribution in [-0.2, 0) is 0 Å². The number of hydrogen-bond acceptors (Lipinski definition) is 8. The first-order chi connectivity index (χ1) is 65.9. The van der Waals surface area contributed by atoms with Crippen molar-refractivity contribution in [3.63, 3.8) is 0 Å². The molecule has 0 unspecified atom stereocenters. The summed E-state index contributed by atoms with van der Waals surface area (Å²) >= 11 is 0. The van der Waals surface area contributed by atoms with Crippen LogP contribution < -0.4 is 0 Å². The maximum absolute atomic E-state index is 10.2. The van der Waals surface area contributed by atoms with Crippen LogP contribution in [-0.4, -0.2) is 43.6 Å². The molecule has 26 aromatic rings. The molecule has 7 heterocycles. The van der Waals surface area contributed by atoms with Crippen LogP contribution in [0.2, 0.25) is 0 Å². The number of benzene rings is 19. The molecule has 0 N–H and O–H groups in total. The van der Waals surface area contributed by atoms with E-state index in [2.05, 4.69) is 372 Å². The number of nitriles is 2. The molecule has 11 nitrogen and oxygen atoms in total. The molecule has 0 fully saturated rings. The number of pyridine rings is 2. The van der Waals surface area contributed by atoms with Crippen molar-refractivity contribution in [1.29, 1.82) is 10.5 Å². The van der Waals surface area contributed by atoms with Crippen LogP contribution in [0.4, 0.5) is 0 Å². The standard InChI is InChI=1S/C50H33N3.C38H21N5.C34H21N3/c1-4-15-34(16-5-1)40-30-41(32-42(31-40)53-48-26-13-12-25-44(48)45-28-27-35-17-10-11-24-43(35)49(45)53)38-22-14-23-39(29-38)47-33-46(36-18-6-2-7-19-36)51-50(52-47)37-20-8-3-9-21-37;39-22-25-9-1-3-11-27(25)24-17-18-34(32(21-24)28-12-4-2-10-26(28)23-40)43-33-16-6-5-13-29(33)35-30-14-7-19-41-36(30)37-31(38(35)43)15-8-20-42-37;1-2-12-24(13-3-1)32-27-16-8-9-17-29(27)35-34(36-32)37-30-21-19-22-10-4-6-14-25(22)31(30)28-20-18-23-11-5-7-15-26(23)33(28)37/h1-33H;1-21H;1-21H. The lowest BCUT2D eigenvalue weighted by Gasteiger charge is -2.18. The van der Waals surface area contributed by atoms with E-state index < -0.39 is 0 Å². The second-order valence-corrected chi connectivity index (χ2v) is 33.3. The Morgan fingerprint density at radius 1 is 0.233 bits per heavy atom. The summed E-state index contributed by atoms with van der Waals surface area (Å²) in [6.07, 6.45) is 3.63. The molecule has 7 aromatic heterocycles. The van der Waals surface area contributed by atoms with Crippen molar-refractivity contribution < 1.29 is 0 Å². The third kappa shape index (κ3) is 13.7. The van der Waals surface area contributed by atoms with E-state index in [1.165, 1.54) is 70.5 Å². The van der Waals surface area contributed by atoms with Crippen LogP contribution in [0, 0.1) is 22.7 Å². The first-order valence-electron chi connectivity index (χ1n) is 44.5. The maximum atomic E-state index is 10.2. The first-order valence-corrected chi connectivity index (χ1v) is 44.5. The molecule has 618 valence electrons. The summed E-state index contributed by atoms with van der Waals surface area (Å²) in [6.45, 7) is 0. The van der Waals surface area contributed by atoms with Gasteiger partial charge in [0.05, 0.1) is 95.7 Å². The Bertz CT molecular complexity index is 9190. The zero-order valence-electron chi connectivity index (χ0n) is 71.7. The summed E-state index contributed by atoms with van der Waals surface area (Å²) in [4.78, 5) is 30.1.